The molecule has 1 atom stereocenters. The highest BCUT2D eigenvalue weighted by atomic mass is 31.0. The minimum atomic E-state index is -0.0686. The van der Waals surface area contributed by atoms with E-state index in [2.05, 4.69) is 9.24 Å². The SMILES string of the molecule is CCCC(=O)OCCCP. The molecular weight excluding hydrogens is 147 g/mol. The van der Waals surface area contributed by atoms with Gasteiger partial charge in [0.15, 0.2) is 0 Å². The van der Waals surface area contributed by atoms with Crippen LogP contribution in [0.25, 0.3) is 0 Å². The second-order valence-electron chi connectivity index (χ2n) is 2.11. The van der Waals surface area contributed by atoms with Gasteiger partial charge in [0.1, 0.15) is 0 Å². The van der Waals surface area contributed by atoms with Gasteiger partial charge in [-0.1, -0.05) is 6.92 Å². The Morgan fingerprint density at radius 1 is 1.60 bits per heavy atom. The van der Waals surface area contributed by atoms with Gasteiger partial charge in [0.2, 0.25) is 0 Å². The number of ether oxygens (including phenoxy) is 1. The van der Waals surface area contributed by atoms with Gasteiger partial charge in [-0.2, -0.15) is 0 Å². The summed E-state index contributed by atoms with van der Waals surface area (Å²) in [6.45, 7) is 2.54. The van der Waals surface area contributed by atoms with E-state index in [4.69, 9.17) is 4.74 Å². The highest BCUT2D eigenvalue weighted by Crippen LogP contribution is 1.94. The molecule has 0 spiro atoms. The van der Waals surface area contributed by atoms with Crippen LogP contribution in [0.3, 0.4) is 0 Å². The van der Waals surface area contributed by atoms with Crippen LogP contribution < -0.4 is 0 Å². The lowest BCUT2D eigenvalue weighted by Gasteiger charge is -2.00. The van der Waals surface area contributed by atoms with E-state index in [9.17, 15) is 4.79 Å². The maximum Gasteiger partial charge on any atom is 0.305 e. The summed E-state index contributed by atoms with van der Waals surface area (Å²) in [5, 5.41) is 0. The van der Waals surface area contributed by atoms with Gasteiger partial charge >= 0.3 is 5.97 Å². The molecular formula is C7H15O2P. The summed E-state index contributed by atoms with van der Waals surface area (Å²) in [5.41, 5.74) is 0. The zero-order chi connectivity index (χ0) is 7.82. The van der Waals surface area contributed by atoms with Crippen LogP contribution in [0.5, 0.6) is 0 Å². The molecule has 0 amide bonds. The Bertz CT molecular complexity index is 93.6. The maximum absolute atomic E-state index is 10.7. The fourth-order valence-corrected chi connectivity index (χ4v) is 0.712. The fourth-order valence-electron chi connectivity index (χ4n) is 0.546. The van der Waals surface area contributed by atoms with E-state index >= 15 is 0 Å². The van der Waals surface area contributed by atoms with Gasteiger partial charge in [0, 0.05) is 6.42 Å². The quantitative estimate of drug-likeness (QED) is 0.348. The Kier molecular flexibility index (Phi) is 6.94. The topological polar surface area (TPSA) is 26.3 Å². The van der Waals surface area contributed by atoms with Crippen LogP contribution in [0.4, 0.5) is 0 Å². The number of carbonyl (C=O) groups excluding carboxylic acids is 1. The second kappa shape index (κ2) is 7.01. The first kappa shape index (κ1) is 9.90. The van der Waals surface area contributed by atoms with Crippen LogP contribution in [0, 0.1) is 0 Å². The van der Waals surface area contributed by atoms with Crippen molar-refractivity contribution in [3.8, 4) is 0 Å². The van der Waals surface area contributed by atoms with Crippen molar-refractivity contribution in [1.82, 2.24) is 0 Å². The van der Waals surface area contributed by atoms with Gasteiger partial charge in [-0.25, -0.2) is 0 Å². The normalized spacial score (nSPS) is 9.40. The van der Waals surface area contributed by atoms with Gasteiger partial charge in [-0.3, -0.25) is 4.79 Å². The second-order valence-corrected chi connectivity index (χ2v) is 2.69. The van der Waals surface area contributed by atoms with E-state index < -0.39 is 0 Å². The lowest BCUT2D eigenvalue weighted by molar-refractivity contribution is -0.143. The molecule has 0 bridgehead atoms. The Balaban J connectivity index is 3.05. The van der Waals surface area contributed by atoms with Crippen molar-refractivity contribution >= 4 is 15.2 Å². The number of carbonyl (C=O) groups is 1. The Hall–Kier alpha value is -0.100. The molecule has 0 aromatic rings. The van der Waals surface area contributed by atoms with E-state index in [0.717, 1.165) is 19.0 Å². The van der Waals surface area contributed by atoms with Crippen LogP contribution in [0.1, 0.15) is 26.2 Å². The van der Waals surface area contributed by atoms with Crippen molar-refractivity contribution in [2.75, 3.05) is 12.8 Å². The Labute approximate surface area is 64.5 Å². The van der Waals surface area contributed by atoms with Crippen LogP contribution in [-0.2, 0) is 9.53 Å². The molecule has 0 radical (unpaired) electrons. The summed E-state index contributed by atoms with van der Waals surface area (Å²) in [7, 11) is 2.60. The third-order valence-corrected chi connectivity index (χ3v) is 1.47. The van der Waals surface area contributed by atoms with E-state index in [0.29, 0.717) is 13.0 Å². The molecule has 0 aromatic heterocycles. The predicted octanol–water partition coefficient (Wildman–Crippen LogP) is 1.59. The summed E-state index contributed by atoms with van der Waals surface area (Å²) >= 11 is 0. The van der Waals surface area contributed by atoms with Gasteiger partial charge in [-0.15, -0.1) is 9.24 Å². The average molecular weight is 162 g/mol. The number of hydrogen-bond acceptors (Lipinski definition) is 2. The van der Waals surface area contributed by atoms with Crippen molar-refractivity contribution in [2.24, 2.45) is 0 Å². The zero-order valence-electron chi connectivity index (χ0n) is 6.43. The van der Waals surface area contributed by atoms with Crippen molar-refractivity contribution in [3.63, 3.8) is 0 Å². The smallest absolute Gasteiger partial charge is 0.305 e. The van der Waals surface area contributed by atoms with Gasteiger partial charge in [-0.05, 0) is 19.0 Å². The summed E-state index contributed by atoms with van der Waals surface area (Å²) in [6.07, 6.45) is 3.37. The monoisotopic (exact) mass is 162 g/mol. The van der Waals surface area contributed by atoms with Crippen molar-refractivity contribution in [1.29, 1.82) is 0 Å². The number of hydrogen-bond donors (Lipinski definition) is 0. The first-order chi connectivity index (χ1) is 4.81. The van der Waals surface area contributed by atoms with Crippen LogP contribution in [-0.4, -0.2) is 18.7 Å². The van der Waals surface area contributed by atoms with Gasteiger partial charge < -0.3 is 4.74 Å². The predicted molar refractivity (Wildman–Crippen MR) is 45.1 cm³/mol. The lowest BCUT2D eigenvalue weighted by atomic mass is 10.3. The van der Waals surface area contributed by atoms with Crippen LogP contribution >= 0.6 is 9.24 Å². The first-order valence-corrected chi connectivity index (χ1v) is 4.48. The summed E-state index contributed by atoms with van der Waals surface area (Å²) in [4.78, 5) is 10.7. The molecule has 0 aliphatic rings. The molecule has 60 valence electrons. The molecule has 1 unspecified atom stereocenters. The lowest BCUT2D eigenvalue weighted by Crippen LogP contribution is -2.04. The van der Waals surface area contributed by atoms with Crippen LogP contribution in [0.2, 0.25) is 0 Å². The molecule has 0 heterocycles. The van der Waals surface area contributed by atoms with Gasteiger partial charge in [0.05, 0.1) is 6.61 Å². The molecule has 0 aliphatic carbocycles. The molecule has 3 heteroatoms. The standard InChI is InChI=1S/C7H15O2P/c1-2-4-7(8)9-5-3-6-10/h2-6,10H2,1H3. The third kappa shape index (κ3) is 6.03. The molecule has 0 fully saturated rings. The molecule has 0 rings (SSSR count). The van der Waals surface area contributed by atoms with E-state index in [1.165, 1.54) is 0 Å². The van der Waals surface area contributed by atoms with Crippen LogP contribution in [0.15, 0.2) is 0 Å². The van der Waals surface area contributed by atoms with E-state index in [1.54, 1.807) is 0 Å². The molecule has 0 aromatic carbocycles. The molecule has 0 saturated heterocycles. The van der Waals surface area contributed by atoms with Gasteiger partial charge in [0.25, 0.3) is 0 Å². The number of rotatable bonds is 5. The van der Waals surface area contributed by atoms with E-state index in [-0.39, 0.29) is 5.97 Å². The highest BCUT2D eigenvalue weighted by Gasteiger charge is 1.97. The maximum atomic E-state index is 10.7. The fraction of sp³-hybridized carbons (Fsp3) is 0.857. The minimum absolute atomic E-state index is 0.0686. The molecule has 0 saturated carbocycles. The Morgan fingerprint density at radius 2 is 2.30 bits per heavy atom. The third-order valence-electron chi connectivity index (χ3n) is 1.07. The highest BCUT2D eigenvalue weighted by molar-refractivity contribution is 7.16. The van der Waals surface area contributed by atoms with Crippen molar-refractivity contribution in [2.45, 2.75) is 26.2 Å². The summed E-state index contributed by atoms with van der Waals surface area (Å²) < 4.78 is 4.87. The first-order valence-electron chi connectivity index (χ1n) is 3.67. The zero-order valence-corrected chi connectivity index (χ0v) is 7.58. The Morgan fingerprint density at radius 3 is 2.80 bits per heavy atom. The molecule has 0 N–H and O–H groups in total. The van der Waals surface area contributed by atoms with E-state index in [1.807, 2.05) is 6.92 Å². The van der Waals surface area contributed by atoms with Crippen molar-refractivity contribution in [3.05, 3.63) is 0 Å². The molecule has 0 aliphatic heterocycles. The number of esters is 1. The molecule has 2 nitrogen and oxygen atoms in total. The largest absolute Gasteiger partial charge is 0.466 e. The average Bonchev–Trinajstić information content (AvgIpc) is 1.89. The molecule has 10 heavy (non-hydrogen) atoms. The summed E-state index contributed by atoms with van der Waals surface area (Å²) in [5.74, 6) is -0.0686. The summed E-state index contributed by atoms with van der Waals surface area (Å²) in [6, 6.07) is 0. The minimum Gasteiger partial charge on any atom is -0.466 e. The van der Waals surface area contributed by atoms with Crippen molar-refractivity contribution < 1.29 is 9.53 Å².